The molecular weight excluding hydrogens is 392 g/mol. The van der Waals surface area contributed by atoms with Gasteiger partial charge in [-0.25, -0.2) is 4.68 Å². The van der Waals surface area contributed by atoms with Crippen LogP contribution in [0.4, 0.5) is 0 Å². The van der Waals surface area contributed by atoms with Crippen molar-refractivity contribution in [3.8, 4) is 11.4 Å². The van der Waals surface area contributed by atoms with Gasteiger partial charge in [-0.3, -0.25) is 14.3 Å². The quantitative estimate of drug-likeness (QED) is 0.467. The van der Waals surface area contributed by atoms with Crippen LogP contribution in [0.15, 0.2) is 64.0 Å². The van der Waals surface area contributed by atoms with Crippen LogP contribution in [0.3, 0.4) is 0 Å². The van der Waals surface area contributed by atoms with Crippen molar-refractivity contribution in [2.24, 2.45) is 7.05 Å². The monoisotopic (exact) mass is 419 g/mol. The van der Waals surface area contributed by atoms with Crippen LogP contribution < -0.4 is 10.9 Å². The molecule has 0 saturated heterocycles. The molecule has 0 saturated carbocycles. The molecule has 1 aromatic carbocycles. The number of aromatic nitrogens is 3. The number of carbonyl (C=O) groups excluding carboxylic acids is 1. The molecule has 4 rings (SSSR count). The van der Waals surface area contributed by atoms with Gasteiger partial charge in [-0.1, -0.05) is 18.2 Å². The van der Waals surface area contributed by atoms with Crippen LogP contribution in [-0.4, -0.2) is 26.3 Å². The second-order valence-electron chi connectivity index (χ2n) is 7.73. The number of hydrogen-bond donors (Lipinski definition) is 1. The van der Waals surface area contributed by atoms with Crippen molar-refractivity contribution in [1.29, 1.82) is 0 Å². The zero-order valence-electron chi connectivity index (χ0n) is 18.3. The van der Waals surface area contributed by atoms with E-state index >= 15 is 0 Å². The molecule has 3 heterocycles. The fourth-order valence-electron chi connectivity index (χ4n) is 4.09. The largest absolute Gasteiger partial charge is 0.463 e. The van der Waals surface area contributed by atoms with Crippen molar-refractivity contribution >= 4 is 5.78 Å². The Labute approximate surface area is 180 Å². The molecule has 3 aromatic heterocycles. The number of ketones is 1. The molecular formula is C24H27N4O3+. The van der Waals surface area contributed by atoms with Crippen LogP contribution in [0.2, 0.25) is 0 Å². The van der Waals surface area contributed by atoms with E-state index < -0.39 is 0 Å². The van der Waals surface area contributed by atoms with Crippen molar-refractivity contribution in [2.45, 2.75) is 27.3 Å². The number of nitrogens with zero attached hydrogens (tertiary/aromatic N) is 3. The van der Waals surface area contributed by atoms with E-state index in [1.54, 1.807) is 10.9 Å². The number of aryl methyl sites for hydroxylation is 1. The molecule has 0 radical (unpaired) electrons. The Morgan fingerprint density at radius 2 is 1.77 bits per heavy atom. The van der Waals surface area contributed by atoms with Crippen LogP contribution in [0.1, 0.15) is 33.2 Å². The highest BCUT2D eigenvalue weighted by molar-refractivity contribution is 5.98. The number of hydrogen-bond acceptors (Lipinski definition) is 3. The third kappa shape index (κ3) is 3.68. The van der Waals surface area contributed by atoms with E-state index in [1.165, 1.54) is 0 Å². The van der Waals surface area contributed by atoms with Crippen molar-refractivity contribution in [3.63, 3.8) is 0 Å². The normalized spacial score (nSPS) is 11.2. The zero-order chi connectivity index (χ0) is 22.1. The van der Waals surface area contributed by atoms with Crippen LogP contribution in [0.5, 0.6) is 0 Å². The van der Waals surface area contributed by atoms with E-state index in [9.17, 15) is 9.59 Å². The van der Waals surface area contributed by atoms with E-state index in [-0.39, 0.29) is 11.3 Å². The third-order valence-corrected chi connectivity index (χ3v) is 5.73. The summed E-state index contributed by atoms with van der Waals surface area (Å²) in [6, 6.07) is 15.2. The maximum Gasteiger partial charge on any atom is 0.295 e. The van der Waals surface area contributed by atoms with Crippen molar-refractivity contribution in [2.75, 3.05) is 6.54 Å². The van der Waals surface area contributed by atoms with Gasteiger partial charge in [0.15, 0.2) is 5.76 Å². The smallest absolute Gasteiger partial charge is 0.295 e. The summed E-state index contributed by atoms with van der Waals surface area (Å²) in [5, 5.41) is 1.92. The summed E-state index contributed by atoms with van der Waals surface area (Å²) in [7, 11) is 1.87. The second-order valence-corrected chi connectivity index (χ2v) is 7.73. The van der Waals surface area contributed by atoms with Gasteiger partial charge in [0.2, 0.25) is 5.78 Å². The second kappa shape index (κ2) is 8.28. The van der Waals surface area contributed by atoms with E-state index in [1.807, 2.05) is 90.9 Å². The lowest BCUT2D eigenvalue weighted by Gasteiger charge is -2.08. The van der Waals surface area contributed by atoms with Gasteiger partial charge in [-0.05, 0) is 51.1 Å². The first-order valence-corrected chi connectivity index (χ1v) is 10.3. The first-order valence-electron chi connectivity index (χ1n) is 10.3. The van der Waals surface area contributed by atoms with Crippen LogP contribution in [0.25, 0.3) is 11.4 Å². The molecule has 4 aromatic rings. The fourth-order valence-corrected chi connectivity index (χ4v) is 4.09. The maximum absolute atomic E-state index is 13.4. The summed E-state index contributed by atoms with van der Waals surface area (Å²) >= 11 is 0. The van der Waals surface area contributed by atoms with Gasteiger partial charge >= 0.3 is 0 Å². The predicted molar refractivity (Wildman–Crippen MR) is 118 cm³/mol. The Hall–Kier alpha value is -3.58. The highest BCUT2D eigenvalue weighted by Gasteiger charge is 2.24. The maximum atomic E-state index is 13.4. The van der Waals surface area contributed by atoms with Gasteiger partial charge in [0.05, 0.1) is 17.6 Å². The molecule has 0 amide bonds. The minimum Gasteiger partial charge on any atom is -0.463 e. The standard InChI is InChI=1S/C24H26N4O3/c1-16-13-21(22(29)15-25-14-20-11-8-12-31-20)17(2)27(16)23-18(3)26(4)28(24(23)30)19-9-6-5-7-10-19/h5-13,25H,14-15H2,1-4H3/p+1. The van der Waals surface area contributed by atoms with Gasteiger partial charge in [-0.15, -0.1) is 0 Å². The Kier molecular flexibility index (Phi) is 5.52. The Bertz CT molecular complexity index is 1270. The van der Waals surface area contributed by atoms with Gasteiger partial charge in [0.25, 0.3) is 5.56 Å². The first kappa shape index (κ1) is 20.7. The molecule has 7 nitrogen and oxygen atoms in total. The number of benzene rings is 1. The summed E-state index contributed by atoms with van der Waals surface area (Å²) < 4.78 is 10.7. The number of Topliss-reactive ketones (excluding diaryl/α,β-unsaturated/α-hetero) is 1. The molecule has 31 heavy (non-hydrogen) atoms. The van der Waals surface area contributed by atoms with Gasteiger partial charge < -0.3 is 14.3 Å². The van der Waals surface area contributed by atoms with Crippen LogP contribution in [0, 0.1) is 20.8 Å². The zero-order valence-corrected chi connectivity index (χ0v) is 18.3. The lowest BCUT2D eigenvalue weighted by Crippen LogP contribution is -2.84. The summed E-state index contributed by atoms with van der Waals surface area (Å²) in [6.45, 7) is 6.67. The summed E-state index contributed by atoms with van der Waals surface area (Å²) in [6.07, 6.45) is 1.63. The average molecular weight is 420 g/mol. The minimum atomic E-state index is -0.114. The van der Waals surface area contributed by atoms with E-state index in [2.05, 4.69) is 0 Å². The summed E-state index contributed by atoms with van der Waals surface area (Å²) in [4.78, 5) is 26.3. The van der Waals surface area contributed by atoms with Gasteiger partial charge in [-0.2, -0.15) is 0 Å². The predicted octanol–water partition coefficient (Wildman–Crippen LogP) is 2.43. The van der Waals surface area contributed by atoms with Crippen molar-refractivity contribution in [3.05, 3.63) is 93.6 Å². The number of nitrogens with two attached hydrogens (primary N) is 1. The molecule has 0 aliphatic carbocycles. The van der Waals surface area contributed by atoms with Crippen LogP contribution in [-0.2, 0) is 13.6 Å². The molecule has 160 valence electrons. The Morgan fingerprint density at radius 1 is 1.03 bits per heavy atom. The summed E-state index contributed by atoms with van der Waals surface area (Å²) in [5.74, 6) is 0.863. The Balaban J connectivity index is 1.68. The fraction of sp³-hybridized carbons (Fsp3) is 0.250. The molecule has 0 spiro atoms. The van der Waals surface area contributed by atoms with Gasteiger partial charge in [0, 0.05) is 24.0 Å². The molecule has 0 aliphatic heterocycles. The van der Waals surface area contributed by atoms with E-state index in [0.717, 1.165) is 28.5 Å². The number of carbonyl (C=O) groups is 1. The summed E-state index contributed by atoms with van der Waals surface area (Å²) in [5.41, 5.74) is 4.37. The van der Waals surface area contributed by atoms with Crippen molar-refractivity contribution in [1.82, 2.24) is 13.9 Å². The minimum absolute atomic E-state index is 0.0304. The van der Waals surface area contributed by atoms with Crippen molar-refractivity contribution < 1.29 is 14.5 Å². The number of rotatable bonds is 7. The molecule has 0 atom stereocenters. The number of quaternary nitrogens is 1. The lowest BCUT2D eigenvalue weighted by atomic mass is 10.1. The SMILES string of the molecule is Cc1cc(C(=O)C[NH2+]Cc2ccco2)c(C)n1-c1c(C)n(C)n(-c2ccccc2)c1=O. The highest BCUT2D eigenvalue weighted by Crippen LogP contribution is 2.22. The molecule has 0 unspecified atom stereocenters. The van der Waals surface area contributed by atoms with E-state index in [0.29, 0.717) is 24.3 Å². The van der Waals surface area contributed by atoms with E-state index in [4.69, 9.17) is 4.42 Å². The topological polar surface area (TPSA) is 78.7 Å². The third-order valence-electron chi connectivity index (χ3n) is 5.73. The highest BCUT2D eigenvalue weighted by atomic mass is 16.3. The van der Waals surface area contributed by atoms with Gasteiger partial charge in [0.1, 0.15) is 18.8 Å². The lowest BCUT2D eigenvalue weighted by molar-refractivity contribution is -0.660. The number of para-hydroxylation sites is 1. The van der Waals surface area contributed by atoms with Crippen LogP contribution >= 0.6 is 0 Å². The molecule has 7 heteroatoms. The molecule has 0 bridgehead atoms. The Morgan fingerprint density at radius 3 is 2.45 bits per heavy atom. The first-order chi connectivity index (χ1) is 14.9. The molecule has 0 aliphatic rings. The number of furan rings is 1. The average Bonchev–Trinajstić information content (AvgIpc) is 3.43. The molecule has 0 fully saturated rings. The molecule has 2 N–H and O–H groups in total.